The van der Waals surface area contributed by atoms with Gasteiger partial charge in [0.25, 0.3) is 0 Å². The molecule has 2 aliphatic rings. The van der Waals surface area contributed by atoms with Crippen molar-refractivity contribution >= 4 is 11.8 Å². The molecule has 3 atom stereocenters. The number of ketones is 1. The van der Waals surface area contributed by atoms with Crippen LogP contribution in [0.3, 0.4) is 0 Å². The molecule has 4 nitrogen and oxygen atoms in total. The Labute approximate surface area is 118 Å². The standard InChI is InChI=1S/C16H17NO3/c1-20-16(19)13-9-12-7-8-14(18)15(13)17(12)10-11-5-3-2-4-6-11/h2-8,12-13,15H,9-10H2,1H3/t12-,13+,15-/m1/s1. The van der Waals surface area contributed by atoms with Crippen molar-refractivity contribution in [2.45, 2.75) is 25.0 Å². The zero-order chi connectivity index (χ0) is 14.1. The summed E-state index contributed by atoms with van der Waals surface area (Å²) >= 11 is 0. The van der Waals surface area contributed by atoms with Gasteiger partial charge in [0.1, 0.15) is 0 Å². The Kier molecular flexibility index (Phi) is 3.40. The molecule has 2 aliphatic heterocycles. The number of carbonyl (C=O) groups excluding carboxylic acids is 2. The van der Waals surface area contributed by atoms with E-state index in [4.69, 9.17) is 4.74 Å². The molecule has 104 valence electrons. The Bertz CT molecular complexity index is 552. The molecule has 1 aromatic carbocycles. The van der Waals surface area contributed by atoms with Gasteiger partial charge in [-0.05, 0) is 18.1 Å². The summed E-state index contributed by atoms with van der Waals surface area (Å²) in [5, 5.41) is 0. The van der Waals surface area contributed by atoms with Gasteiger partial charge in [-0.25, -0.2) is 0 Å². The van der Waals surface area contributed by atoms with Gasteiger partial charge in [0, 0.05) is 12.6 Å². The molecule has 4 heteroatoms. The first-order valence-electron chi connectivity index (χ1n) is 6.80. The highest BCUT2D eigenvalue weighted by atomic mass is 16.5. The molecule has 0 aromatic heterocycles. The number of benzene rings is 1. The minimum atomic E-state index is -0.377. The fraction of sp³-hybridized carbons (Fsp3) is 0.375. The molecule has 0 radical (unpaired) electrons. The van der Waals surface area contributed by atoms with Crippen LogP contribution < -0.4 is 0 Å². The highest BCUT2D eigenvalue weighted by molar-refractivity contribution is 5.99. The highest BCUT2D eigenvalue weighted by Gasteiger charge is 2.49. The lowest BCUT2D eigenvalue weighted by atomic mass is 9.97. The molecule has 0 saturated carbocycles. The average molecular weight is 271 g/mol. The lowest BCUT2D eigenvalue weighted by molar-refractivity contribution is -0.148. The molecule has 3 rings (SSSR count). The number of esters is 1. The maximum absolute atomic E-state index is 12.1. The zero-order valence-electron chi connectivity index (χ0n) is 11.4. The molecule has 1 fully saturated rings. The molecule has 0 unspecified atom stereocenters. The Hall–Kier alpha value is -1.94. The van der Waals surface area contributed by atoms with Gasteiger partial charge in [-0.3, -0.25) is 14.5 Å². The quantitative estimate of drug-likeness (QED) is 0.783. The van der Waals surface area contributed by atoms with Crippen molar-refractivity contribution in [3.05, 3.63) is 48.0 Å². The second kappa shape index (κ2) is 5.21. The van der Waals surface area contributed by atoms with Crippen LogP contribution >= 0.6 is 0 Å². The number of methoxy groups -OCH3 is 1. The fourth-order valence-corrected chi connectivity index (χ4v) is 3.20. The van der Waals surface area contributed by atoms with E-state index in [1.54, 1.807) is 6.08 Å². The number of carbonyl (C=O) groups is 2. The Morgan fingerprint density at radius 1 is 1.35 bits per heavy atom. The van der Waals surface area contributed by atoms with E-state index in [1.807, 2.05) is 36.4 Å². The van der Waals surface area contributed by atoms with Gasteiger partial charge < -0.3 is 4.74 Å². The molecule has 0 spiro atoms. The Morgan fingerprint density at radius 3 is 2.80 bits per heavy atom. The second-order valence-corrected chi connectivity index (χ2v) is 5.30. The molecule has 2 bridgehead atoms. The number of ether oxygens (including phenoxy) is 1. The molecule has 0 N–H and O–H groups in total. The SMILES string of the molecule is COC(=O)[C@H]1C[C@H]2C=CC(=O)[C@@H]1N2Cc1ccccc1. The third-order valence-electron chi connectivity index (χ3n) is 4.15. The first-order valence-corrected chi connectivity index (χ1v) is 6.80. The molecule has 2 heterocycles. The van der Waals surface area contributed by atoms with Crippen LogP contribution in [0.25, 0.3) is 0 Å². The lowest BCUT2D eigenvalue weighted by Gasteiger charge is -2.31. The van der Waals surface area contributed by atoms with Crippen LogP contribution in [-0.4, -0.2) is 35.8 Å². The van der Waals surface area contributed by atoms with Gasteiger partial charge in [-0.1, -0.05) is 36.4 Å². The van der Waals surface area contributed by atoms with Crippen molar-refractivity contribution in [1.82, 2.24) is 4.90 Å². The minimum absolute atomic E-state index is 0.00470. The number of fused-ring (bicyclic) bond motifs is 2. The van der Waals surface area contributed by atoms with E-state index in [9.17, 15) is 9.59 Å². The topological polar surface area (TPSA) is 46.6 Å². The van der Waals surface area contributed by atoms with E-state index < -0.39 is 0 Å². The van der Waals surface area contributed by atoms with Crippen LogP contribution in [0.4, 0.5) is 0 Å². The van der Waals surface area contributed by atoms with Crippen LogP contribution in [0.1, 0.15) is 12.0 Å². The molecule has 1 aromatic rings. The van der Waals surface area contributed by atoms with E-state index in [0.29, 0.717) is 13.0 Å². The molecular weight excluding hydrogens is 254 g/mol. The van der Waals surface area contributed by atoms with E-state index in [2.05, 4.69) is 4.90 Å². The number of nitrogens with zero attached hydrogens (tertiary/aromatic N) is 1. The van der Waals surface area contributed by atoms with E-state index in [-0.39, 0.29) is 29.8 Å². The predicted octanol–water partition coefficient (Wildman–Crippen LogP) is 1.56. The number of hydrogen-bond donors (Lipinski definition) is 0. The van der Waals surface area contributed by atoms with Gasteiger partial charge in [0.2, 0.25) is 0 Å². The first-order chi connectivity index (χ1) is 9.70. The van der Waals surface area contributed by atoms with E-state index >= 15 is 0 Å². The molecule has 1 saturated heterocycles. The van der Waals surface area contributed by atoms with Gasteiger partial charge in [-0.2, -0.15) is 0 Å². The van der Waals surface area contributed by atoms with Crippen molar-refractivity contribution < 1.29 is 14.3 Å². The Morgan fingerprint density at radius 2 is 2.10 bits per heavy atom. The van der Waals surface area contributed by atoms with Crippen LogP contribution in [0.2, 0.25) is 0 Å². The zero-order valence-corrected chi connectivity index (χ0v) is 11.4. The van der Waals surface area contributed by atoms with Crippen LogP contribution in [-0.2, 0) is 20.9 Å². The molecule has 0 amide bonds. The first kappa shape index (κ1) is 13.1. The predicted molar refractivity (Wildman–Crippen MR) is 73.8 cm³/mol. The van der Waals surface area contributed by atoms with E-state index in [0.717, 1.165) is 5.56 Å². The minimum Gasteiger partial charge on any atom is -0.469 e. The fourth-order valence-electron chi connectivity index (χ4n) is 3.20. The molecule has 20 heavy (non-hydrogen) atoms. The van der Waals surface area contributed by atoms with Crippen molar-refractivity contribution in [3.63, 3.8) is 0 Å². The van der Waals surface area contributed by atoms with Crippen molar-refractivity contribution in [2.75, 3.05) is 7.11 Å². The number of hydrogen-bond acceptors (Lipinski definition) is 4. The maximum Gasteiger partial charge on any atom is 0.310 e. The van der Waals surface area contributed by atoms with Gasteiger partial charge in [0.15, 0.2) is 5.78 Å². The number of rotatable bonds is 3. The van der Waals surface area contributed by atoms with Gasteiger partial charge in [0.05, 0.1) is 19.1 Å². The summed E-state index contributed by atoms with van der Waals surface area (Å²) in [5.74, 6) is -0.631. The third-order valence-corrected chi connectivity index (χ3v) is 4.15. The monoisotopic (exact) mass is 271 g/mol. The largest absolute Gasteiger partial charge is 0.469 e. The highest BCUT2D eigenvalue weighted by Crippen LogP contribution is 2.36. The third kappa shape index (κ3) is 2.16. The Balaban J connectivity index is 1.86. The summed E-state index contributed by atoms with van der Waals surface area (Å²) in [5.41, 5.74) is 1.15. The average Bonchev–Trinajstić information content (AvgIpc) is 2.73. The summed E-state index contributed by atoms with van der Waals surface area (Å²) in [6, 6.07) is 9.77. The second-order valence-electron chi connectivity index (χ2n) is 5.30. The smallest absolute Gasteiger partial charge is 0.310 e. The summed E-state index contributed by atoms with van der Waals surface area (Å²) in [6.45, 7) is 0.680. The van der Waals surface area contributed by atoms with Crippen molar-refractivity contribution in [3.8, 4) is 0 Å². The summed E-state index contributed by atoms with van der Waals surface area (Å²) in [6.07, 6.45) is 4.18. The van der Waals surface area contributed by atoms with E-state index in [1.165, 1.54) is 7.11 Å². The summed E-state index contributed by atoms with van der Waals surface area (Å²) in [7, 11) is 1.38. The van der Waals surface area contributed by atoms with Crippen molar-refractivity contribution in [1.29, 1.82) is 0 Å². The molecule has 0 aliphatic carbocycles. The summed E-state index contributed by atoms with van der Waals surface area (Å²) in [4.78, 5) is 26.1. The van der Waals surface area contributed by atoms with Gasteiger partial charge >= 0.3 is 5.97 Å². The van der Waals surface area contributed by atoms with Gasteiger partial charge in [-0.15, -0.1) is 0 Å². The van der Waals surface area contributed by atoms with Crippen LogP contribution in [0.5, 0.6) is 0 Å². The summed E-state index contributed by atoms with van der Waals surface area (Å²) < 4.78 is 4.84. The lowest BCUT2D eigenvalue weighted by Crippen LogP contribution is -2.45. The normalized spacial score (nSPS) is 28.6. The van der Waals surface area contributed by atoms with Crippen LogP contribution in [0, 0.1) is 5.92 Å². The van der Waals surface area contributed by atoms with Crippen molar-refractivity contribution in [2.24, 2.45) is 5.92 Å². The molecular formula is C16H17NO3. The van der Waals surface area contributed by atoms with Crippen LogP contribution in [0.15, 0.2) is 42.5 Å². The maximum atomic E-state index is 12.1.